The Labute approximate surface area is 238 Å². The highest BCUT2D eigenvalue weighted by molar-refractivity contribution is 6.22. The molecule has 6 rings (SSSR count). The van der Waals surface area contributed by atoms with Crippen molar-refractivity contribution in [1.29, 1.82) is 0 Å². The number of nitrogens with one attached hydrogen (secondary N) is 2. The Kier molecular flexibility index (Phi) is 6.46. The number of aliphatic hydroxyl groups is 1. The van der Waals surface area contributed by atoms with E-state index in [0.717, 1.165) is 10.5 Å². The van der Waals surface area contributed by atoms with Crippen molar-refractivity contribution >= 4 is 40.1 Å². The quantitative estimate of drug-likeness (QED) is 0.170. The molecule has 11 nitrogen and oxygen atoms in total. The van der Waals surface area contributed by atoms with Crippen molar-refractivity contribution in [2.45, 2.75) is 19.9 Å². The number of hydrogen-bond acceptors (Lipinski definition) is 7. The van der Waals surface area contributed by atoms with Crippen LogP contribution in [0, 0.1) is 19.7 Å². The number of anilines is 2. The number of para-hydroxylation sites is 1. The zero-order valence-corrected chi connectivity index (χ0v) is 22.5. The number of urea groups is 1. The lowest BCUT2D eigenvalue weighted by Gasteiger charge is -2.15. The third-order valence-electron chi connectivity index (χ3n) is 7.14. The number of aromatic amines is 1. The third kappa shape index (κ3) is 4.43. The van der Waals surface area contributed by atoms with Crippen LogP contribution in [0.2, 0.25) is 0 Å². The maximum absolute atomic E-state index is 14.0. The van der Waals surface area contributed by atoms with E-state index in [2.05, 4.69) is 15.4 Å². The van der Waals surface area contributed by atoms with Gasteiger partial charge in [-0.05, 0) is 73.5 Å². The first-order chi connectivity index (χ1) is 20.2. The number of aliphatic hydroxyl groups excluding tert-OH is 1. The molecule has 1 saturated heterocycles. The lowest BCUT2D eigenvalue weighted by Crippen LogP contribution is -2.33. The van der Waals surface area contributed by atoms with Crippen LogP contribution >= 0.6 is 0 Å². The molecular formula is C30H25FN6O5. The zero-order chi connectivity index (χ0) is 29.7. The minimum atomic E-state index is -1.01. The molecule has 212 valence electrons. The Morgan fingerprint density at radius 1 is 1.07 bits per heavy atom. The van der Waals surface area contributed by atoms with Crippen LogP contribution < -0.4 is 20.7 Å². The summed E-state index contributed by atoms with van der Waals surface area (Å²) in [6, 6.07) is 14.6. The van der Waals surface area contributed by atoms with Crippen molar-refractivity contribution in [2.24, 2.45) is 0 Å². The molecule has 0 saturated carbocycles. The van der Waals surface area contributed by atoms with E-state index in [0.29, 0.717) is 33.6 Å². The molecule has 1 atom stereocenters. The van der Waals surface area contributed by atoms with Gasteiger partial charge in [0.05, 0.1) is 35.4 Å². The summed E-state index contributed by atoms with van der Waals surface area (Å²) in [5.74, 6) is -0.794. The van der Waals surface area contributed by atoms with E-state index in [4.69, 9.17) is 10.5 Å². The fraction of sp³-hybridized carbons (Fsp3) is 0.133. The van der Waals surface area contributed by atoms with Crippen LogP contribution in [0.4, 0.5) is 20.7 Å². The van der Waals surface area contributed by atoms with Crippen molar-refractivity contribution in [3.63, 3.8) is 0 Å². The lowest BCUT2D eigenvalue weighted by molar-refractivity contribution is -0.119. The van der Waals surface area contributed by atoms with Gasteiger partial charge in [0.1, 0.15) is 17.6 Å². The standard InChI is InChI=1S/C30H25FN6O5/c1-15-9-17-11-22(34-21(17)12-25(15)36-29(40)23(14-38)35-30(36)41)27(39)19-13-33-37(28(19)32)24-8-7-18(10-16(24)2)42-26-6-4-3-5-20(26)31/h3-13,23,34,38H,14,32H2,1-2H3,(H,35,41). The highest BCUT2D eigenvalue weighted by Crippen LogP contribution is 2.32. The average Bonchev–Trinajstić information content (AvgIpc) is 3.63. The largest absolute Gasteiger partial charge is 0.454 e. The summed E-state index contributed by atoms with van der Waals surface area (Å²) in [5, 5.41) is 16.8. The number of ether oxygens (including phenoxy) is 1. The number of aromatic nitrogens is 3. The van der Waals surface area contributed by atoms with Crippen molar-refractivity contribution in [3.05, 3.63) is 95.1 Å². The molecule has 1 aliphatic rings. The van der Waals surface area contributed by atoms with Gasteiger partial charge in [-0.25, -0.2) is 18.8 Å². The van der Waals surface area contributed by atoms with Crippen LogP contribution in [-0.4, -0.2) is 50.2 Å². The number of fused-ring (bicyclic) bond motifs is 1. The number of amides is 3. The first kappa shape index (κ1) is 26.7. The summed E-state index contributed by atoms with van der Waals surface area (Å²) in [6.07, 6.45) is 1.38. The molecular weight excluding hydrogens is 543 g/mol. The highest BCUT2D eigenvalue weighted by atomic mass is 19.1. The number of carbonyl (C=O) groups excluding carboxylic acids is 3. The van der Waals surface area contributed by atoms with Crippen LogP contribution in [0.25, 0.3) is 16.6 Å². The fourth-order valence-electron chi connectivity index (χ4n) is 4.98. The van der Waals surface area contributed by atoms with E-state index in [1.165, 1.54) is 23.0 Å². The summed E-state index contributed by atoms with van der Waals surface area (Å²) >= 11 is 0. The number of ketones is 1. The Morgan fingerprint density at radius 2 is 1.83 bits per heavy atom. The minimum Gasteiger partial charge on any atom is -0.454 e. The molecule has 0 radical (unpaired) electrons. The molecule has 12 heteroatoms. The molecule has 3 aromatic carbocycles. The number of carbonyl (C=O) groups is 3. The van der Waals surface area contributed by atoms with E-state index >= 15 is 0 Å². The first-order valence-corrected chi connectivity index (χ1v) is 13.0. The Balaban J connectivity index is 1.28. The summed E-state index contributed by atoms with van der Waals surface area (Å²) in [6.45, 7) is 3.05. The Hall–Kier alpha value is -5.49. The fourth-order valence-corrected chi connectivity index (χ4v) is 4.98. The van der Waals surface area contributed by atoms with Gasteiger partial charge in [-0.15, -0.1) is 0 Å². The number of benzene rings is 3. The topological polar surface area (TPSA) is 156 Å². The van der Waals surface area contributed by atoms with Gasteiger partial charge in [-0.1, -0.05) is 12.1 Å². The van der Waals surface area contributed by atoms with Crippen LogP contribution in [0.15, 0.2) is 66.9 Å². The second kappa shape index (κ2) is 10.2. The molecule has 1 unspecified atom stereocenters. The number of halogens is 1. The lowest BCUT2D eigenvalue weighted by atomic mass is 10.1. The van der Waals surface area contributed by atoms with E-state index in [9.17, 15) is 23.9 Å². The predicted molar refractivity (Wildman–Crippen MR) is 153 cm³/mol. The van der Waals surface area contributed by atoms with Crippen LogP contribution in [-0.2, 0) is 4.79 Å². The molecule has 0 bridgehead atoms. The maximum Gasteiger partial charge on any atom is 0.329 e. The molecule has 0 spiro atoms. The number of nitrogen functional groups attached to an aromatic ring is 1. The Bertz CT molecular complexity index is 1910. The summed E-state index contributed by atoms with van der Waals surface area (Å²) in [7, 11) is 0. The van der Waals surface area contributed by atoms with Crippen LogP contribution in [0.1, 0.15) is 27.2 Å². The number of rotatable bonds is 7. The molecule has 1 fully saturated rings. The van der Waals surface area contributed by atoms with Crippen molar-refractivity contribution in [3.8, 4) is 17.2 Å². The molecule has 5 N–H and O–H groups in total. The van der Waals surface area contributed by atoms with Gasteiger partial charge >= 0.3 is 6.03 Å². The van der Waals surface area contributed by atoms with E-state index < -0.39 is 36.2 Å². The zero-order valence-electron chi connectivity index (χ0n) is 22.5. The van der Waals surface area contributed by atoms with Crippen molar-refractivity contribution in [2.75, 3.05) is 17.2 Å². The summed E-state index contributed by atoms with van der Waals surface area (Å²) in [5.41, 5.74) is 9.63. The van der Waals surface area contributed by atoms with Gasteiger partial charge in [0.2, 0.25) is 5.78 Å². The normalized spacial score (nSPS) is 15.0. The molecule has 5 aromatic rings. The predicted octanol–water partition coefficient (Wildman–Crippen LogP) is 4.13. The number of hydrogen-bond donors (Lipinski definition) is 4. The van der Waals surface area contributed by atoms with Gasteiger partial charge in [-0.2, -0.15) is 5.10 Å². The second-order valence-electron chi connectivity index (χ2n) is 9.93. The Morgan fingerprint density at radius 3 is 2.55 bits per heavy atom. The van der Waals surface area contributed by atoms with Gasteiger partial charge in [0, 0.05) is 10.9 Å². The van der Waals surface area contributed by atoms with Crippen molar-refractivity contribution in [1.82, 2.24) is 20.1 Å². The smallest absolute Gasteiger partial charge is 0.329 e. The monoisotopic (exact) mass is 568 g/mol. The molecule has 3 heterocycles. The number of nitrogens with zero attached hydrogens (tertiary/aromatic N) is 3. The molecule has 0 aliphatic carbocycles. The van der Waals surface area contributed by atoms with E-state index in [1.807, 2.05) is 6.92 Å². The number of imide groups is 1. The molecule has 1 aliphatic heterocycles. The highest BCUT2D eigenvalue weighted by Gasteiger charge is 2.39. The SMILES string of the molecule is Cc1cc2cc(C(=O)c3cnn(-c4ccc(Oc5ccccc5F)cc4C)c3N)[nH]c2cc1N1C(=O)NC(CO)C1=O. The average molecular weight is 569 g/mol. The van der Waals surface area contributed by atoms with Crippen molar-refractivity contribution < 1.29 is 28.6 Å². The summed E-state index contributed by atoms with van der Waals surface area (Å²) < 4.78 is 21.1. The summed E-state index contributed by atoms with van der Waals surface area (Å²) in [4.78, 5) is 42.5. The molecule has 3 amide bonds. The number of H-pyrrole nitrogens is 1. The first-order valence-electron chi connectivity index (χ1n) is 13.0. The van der Waals surface area contributed by atoms with E-state index in [1.54, 1.807) is 55.5 Å². The van der Waals surface area contributed by atoms with Gasteiger partial charge in [-0.3, -0.25) is 9.59 Å². The minimum absolute atomic E-state index is 0.0986. The van der Waals surface area contributed by atoms with Gasteiger partial charge in [0.25, 0.3) is 5.91 Å². The van der Waals surface area contributed by atoms with Crippen LogP contribution in [0.3, 0.4) is 0 Å². The third-order valence-corrected chi connectivity index (χ3v) is 7.14. The number of nitrogens with two attached hydrogens (primary N) is 1. The van der Waals surface area contributed by atoms with Crippen LogP contribution in [0.5, 0.6) is 11.5 Å². The molecule has 42 heavy (non-hydrogen) atoms. The van der Waals surface area contributed by atoms with E-state index in [-0.39, 0.29) is 22.8 Å². The van der Waals surface area contributed by atoms with Gasteiger partial charge < -0.3 is 25.9 Å². The maximum atomic E-state index is 14.0. The second-order valence-corrected chi connectivity index (χ2v) is 9.93. The van der Waals surface area contributed by atoms with Gasteiger partial charge in [0.15, 0.2) is 11.6 Å². The number of aryl methyl sites for hydroxylation is 2. The molecule has 2 aromatic heterocycles.